The van der Waals surface area contributed by atoms with Gasteiger partial charge in [0.2, 0.25) is 5.78 Å². The van der Waals surface area contributed by atoms with Crippen molar-refractivity contribution in [3.05, 3.63) is 71.8 Å². The summed E-state index contributed by atoms with van der Waals surface area (Å²) in [6.07, 6.45) is 0. The fourth-order valence-electron chi connectivity index (χ4n) is 1.68. The third-order valence-corrected chi connectivity index (χ3v) is 2.58. The van der Waals surface area contributed by atoms with Crippen molar-refractivity contribution in [2.75, 3.05) is 0 Å². The summed E-state index contributed by atoms with van der Waals surface area (Å²) in [7, 11) is 0. The van der Waals surface area contributed by atoms with Crippen LogP contribution in [0.2, 0.25) is 0 Å². The molecule has 2 rings (SSSR count). The number of rotatable bonds is 4. The van der Waals surface area contributed by atoms with Crippen molar-refractivity contribution >= 4 is 17.5 Å². The maximum atomic E-state index is 12.4. The van der Waals surface area contributed by atoms with Crippen LogP contribution < -0.4 is 11.2 Å². The summed E-state index contributed by atoms with van der Waals surface area (Å²) in [6, 6.07) is 16.8. The van der Waals surface area contributed by atoms with Gasteiger partial charge in [-0.05, 0) is 0 Å². The van der Waals surface area contributed by atoms with E-state index in [2.05, 4.69) is 10.5 Å². The number of hydrazone groups is 1. The molecular formula is C15H13N3O2. The van der Waals surface area contributed by atoms with Gasteiger partial charge in [0.05, 0.1) is 0 Å². The number of nitrogens with one attached hydrogen (secondary N) is 1. The largest absolute Gasteiger partial charge is 0.350 e. The first-order valence-electron chi connectivity index (χ1n) is 5.97. The number of carbonyl (C=O) groups is 2. The first-order valence-corrected chi connectivity index (χ1v) is 5.97. The maximum absolute atomic E-state index is 12.4. The van der Waals surface area contributed by atoms with Gasteiger partial charge < -0.3 is 5.73 Å². The molecule has 0 saturated carbocycles. The van der Waals surface area contributed by atoms with E-state index >= 15 is 0 Å². The van der Waals surface area contributed by atoms with Gasteiger partial charge in [-0.1, -0.05) is 60.7 Å². The molecule has 5 nitrogen and oxygen atoms in total. The van der Waals surface area contributed by atoms with Crippen LogP contribution in [-0.2, 0) is 0 Å². The standard InChI is InChI=1S/C15H13N3O2/c16-15(20)18-17-13(11-7-3-1-4-8-11)14(19)12-9-5-2-6-10-12/h1-10H,(H3,16,18,20)/b17-13+. The molecule has 2 aromatic rings. The Morgan fingerprint density at radius 1 is 0.850 bits per heavy atom. The second-order valence-electron chi connectivity index (χ2n) is 4.00. The topological polar surface area (TPSA) is 84.6 Å². The van der Waals surface area contributed by atoms with Crippen LogP contribution in [0.3, 0.4) is 0 Å². The lowest BCUT2D eigenvalue weighted by molar-refractivity contribution is 0.106. The fourth-order valence-corrected chi connectivity index (χ4v) is 1.68. The molecule has 5 heteroatoms. The molecule has 0 aliphatic carbocycles. The zero-order valence-corrected chi connectivity index (χ0v) is 10.6. The van der Waals surface area contributed by atoms with E-state index in [1.54, 1.807) is 48.5 Å². The third kappa shape index (κ3) is 3.29. The van der Waals surface area contributed by atoms with Crippen molar-refractivity contribution in [1.29, 1.82) is 0 Å². The van der Waals surface area contributed by atoms with E-state index in [-0.39, 0.29) is 11.5 Å². The van der Waals surface area contributed by atoms with Gasteiger partial charge in [0, 0.05) is 11.1 Å². The number of carbonyl (C=O) groups excluding carboxylic acids is 2. The summed E-state index contributed by atoms with van der Waals surface area (Å²) in [5.41, 5.74) is 8.32. The highest BCUT2D eigenvalue weighted by Crippen LogP contribution is 2.08. The molecule has 20 heavy (non-hydrogen) atoms. The van der Waals surface area contributed by atoms with Crippen LogP contribution in [0.4, 0.5) is 4.79 Å². The highest BCUT2D eigenvalue weighted by molar-refractivity contribution is 6.51. The highest BCUT2D eigenvalue weighted by Gasteiger charge is 2.16. The number of benzene rings is 2. The minimum Gasteiger partial charge on any atom is -0.350 e. The van der Waals surface area contributed by atoms with E-state index < -0.39 is 6.03 Å². The van der Waals surface area contributed by atoms with Crippen molar-refractivity contribution in [2.24, 2.45) is 10.8 Å². The van der Waals surface area contributed by atoms with Gasteiger partial charge in [0.15, 0.2) is 0 Å². The molecule has 2 aromatic carbocycles. The van der Waals surface area contributed by atoms with Gasteiger partial charge in [-0.15, -0.1) is 0 Å². The number of nitrogens with zero attached hydrogens (tertiary/aromatic N) is 1. The Labute approximate surface area is 116 Å². The Hall–Kier alpha value is -2.95. The molecule has 0 aliphatic heterocycles. The van der Waals surface area contributed by atoms with Crippen LogP contribution >= 0.6 is 0 Å². The number of nitrogens with two attached hydrogens (primary N) is 1. The summed E-state index contributed by atoms with van der Waals surface area (Å²) >= 11 is 0. The third-order valence-electron chi connectivity index (χ3n) is 2.58. The molecule has 3 N–H and O–H groups in total. The molecule has 0 bridgehead atoms. The normalized spacial score (nSPS) is 10.9. The smallest absolute Gasteiger partial charge is 0.332 e. The number of urea groups is 1. The number of hydrogen-bond donors (Lipinski definition) is 2. The van der Waals surface area contributed by atoms with E-state index in [9.17, 15) is 9.59 Å². The first-order chi connectivity index (χ1) is 9.68. The molecule has 0 spiro atoms. The molecule has 0 unspecified atom stereocenters. The van der Waals surface area contributed by atoms with E-state index in [0.717, 1.165) is 0 Å². The Morgan fingerprint density at radius 2 is 1.35 bits per heavy atom. The van der Waals surface area contributed by atoms with Crippen molar-refractivity contribution < 1.29 is 9.59 Å². The molecule has 0 aromatic heterocycles. The maximum Gasteiger partial charge on any atom is 0.332 e. The Kier molecular flexibility index (Phi) is 4.24. The minimum absolute atomic E-state index is 0.135. The number of hydrogen-bond acceptors (Lipinski definition) is 3. The SMILES string of the molecule is NC(=O)N/N=C(/C(=O)c1ccccc1)c1ccccc1. The van der Waals surface area contributed by atoms with Crippen LogP contribution in [-0.4, -0.2) is 17.5 Å². The zero-order valence-electron chi connectivity index (χ0n) is 10.6. The lowest BCUT2D eigenvalue weighted by Crippen LogP contribution is -2.28. The summed E-state index contributed by atoms with van der Waals surface area (Å²) in [6.45, 7) is 0. The predicted molar refractivity (Wildman–Crippen MR) is 76.5 cm³/mol. The van der Waals surface area contributed by atoms with Crippen LogP contribution in [0.5, 0.6) is 0 Å². The van der Waals surface area contributed by atoms with E-state index in [0.29, 0.717) is 11.1 Å². The summed E-state index contributed by atoms with van der Waals surface area (Å²) in [5.74, 6) is -0.287. The zero-order chi connectivity index (χ0) is 14.4. The van der Waals surface area contributed by atoms with Gasteiger partial charge in [0.1, 0.15) is 5.71 Å². The molecule has 0 aliphatic rings. The van der Waals surface area contributed by atoms with Gasteiger partial charge in [0.25, 0.3) is 0 Å². The lowest BCUT2D eigenvalue weighted by atomic mass is 10.0. The van der Waals surface area contributed by atoms with Gasteiger partial charge in [-0.3, -0.25) is 4.79 Å². The van der Waals surface area contributed by atoms with Crippen molar-refractivity contribution in [1.82, 2.24) is 5.43 Å². The number of ketones is 1. The Bertz CT molecular complexity index is 637. The monoisotopic (exact) mass is 267 g/mol. The number of Topliss-reactive ketones (excluding diaryl/α,β-unsaturated/α-hetero) is 1. The molecule has 0 heterocycles. The molecular weight excluding hydrogens is 254 g/mol. The number of primary amides is 1. The molecule has 0 radical (unpaired) electrons. The van der Waals surface area contributed by atoms with Gasteiger partial charge in [-0.25, -0.2) is 10.2 Å². The van der Waals surface area contributed by atoms with Gasteiger partial charge >= 0.3 is 6.03 Å². The first kappa shape index (κ1) is 13.5. The van der Waals surface area contributed by atoms with Crippen LogP contribution in [0.25, 0.3) is 0 Å². The Morgan fingerprint density at radius 3 is 1.85 bits per heavy atom. The van der Waals surface area contributed by atoms with Crippen molar-refractivity contribution in [3.63, 3.8) is 0 Å². The molecule has 2 amide bonds. The number of amides is 2. The van der Waals surface area contributed by atoms with Crippen molar-refractivity contribution in [2.45, 2.75) is 0 Å². The average molecular weight is 267 g/mol. The Balaban J connectivity index is 2.40. The molecule has 0 saturated heterocycles. The van der Waals surface area contributed by atoms with E-state index in [1.165, 1.54) is 0 Å². The van der Waals surface area contributed by atoms with E-state index in [4.69, 9.17) is 5.73 Å². The van der Waals surface area contributed by atoms with Crippen LogP contribution in [0, 0.1) is 0 Å². The van der Waals surface area contributed by atoms with Crippen LogP contribution in [0.1, 0.15) is 15.9 Å². The quantitative estimate of drug-likeness (QED) is 0.504. The predicted octanol–water partition coefficient (Wildman–Crippen LogP) is 1.94. The summed E-state index contributed by atoms with van der Waals surface area (Å²) < 4.78 is 0. The van der Waals surface area contributed by atoms with Gasteiger partial charge in [-0.2, -0.15) is 5.10 Å². The molecule has 0 fully saturated rings. The second kappa shape index (κ2) is 6.29. The highest BCUT2D eigenvalue weighted by atomic mass is 16.2. The fraction of sp³-hybridized carbons (Fsp3) is 0. The summed E-state index contributed by atoms with van der Waals surface area (Å²) in [5, 5.41) is 3.81. The van der Waals surface area contributed by atoms with Crippen molar-refractivity contribution in [3.8, 4) is 0 Å². The second-order valence-corrected chi connectivity index (χ2v) is 4.00. The van der Waals surface area contributed by atoms with Crippen LogP contribution in [0.15, 0.2) is 65.8 Å². The average Bonchev–Trinajstić information content (AvgIpc) is 2.49. The molecule has 100 valence electrons. The minimum atomic E-state index is -0.820. The van der Waals surface area contributed by atoms with E-state index in [1.807, 2.05) is 12.1 Å². The lowest BCUT2D eigenvalue weighted by Gasteiger charge is -2.06. The summed E-state index contributed by atoms with van der Waals surface area (Å²) in [4.78, 5) is 23.2. The molecule has 0 atom stereocenters.